The molecule has 1 heterocycles. The van der Waals surface area contributed by atoms with Gasteiger partial charge in [-0.1, -0.05) is 29.8 Å². The zero-order valence-electron chi connectivity index (χ0n) is 14.6. The van der Waals surface area contributed by atoms with E-state index in [2.05, 4.69) is 4.90 Å². The zero-order chi connectivity index (χ0) is 18.0. The molecule has 25 heavy (non-hydrogen) atoms. The van der Waals surface area contributed by atoms with Crippen LogP contribution in [0.3, 0.4) is 0 Å². The Balaban J connectivity index is 2.09. The molecular weight excluding hydrogens is 336 g/mol. The van der Waals surface area contributed by atoms with Crippen molar-refractivity contribution in [2.24, 2.45) is 0 Å². The topological polar surface area (TPSA) is 34.5 Å². The summed E-state index contributed by atoms with van der Waals surface area (Å²) >= 11 is 6.18. The number of hydrogen-bond acceptors (Lipinski definition) is 3. The fourth-order valence-electron chi connectivity index (χ4n) is 2.85. The summed E-state index contributed by atoms with van der Waals surface area (Å²) in [4.78, 5) is 15.1. The van der Waals surface area contributed by atoms with Crippen LogP contribution in [0.15, 0.2) is 48.5 Å². The van der Waals surface area contributed by atoms with Crippen LogP contribution in [0.4, 0.5) is 0 Å². The molecule has 0 amide bonds. The minimum absolute atomic E-state index is 0.0760. The molecule has 0 spiro atoms. The second-order valence-corrected chi connectivity index (χ2v) is 6.67. The van der Waals surface area contributed by atoms with E-state index in [0.717, 1.165) is 23.1 Å². The minimum atomic E-state index is -0.0760. The van der Waals surface area contributed by atoms with E-state index >= 15 is 0 Å². The Kier molecular flexibility index (Phi) is 5.11. The summed E-state index contributed by atoms with van der Waals surface area (Å²) in [6, 6.07) is 14.8. The van der Waals surface area contributed by atoms with Crippen LogP contribution in [0.25, 0.3) is 10.9 Å². The van der Waals surface area contributed by atoms with Crippen molar-refractivity contribution >= 4 is 28.4 Å². The van der Waals surface area contributed by atoms with Gasteiger partial charge in [0, 0.05) is 22.5 Å². The molecule has 0 saturated heterocycles. The number of carbonyl (C=O) groups excluding carboxylic acids is 1. The molecule has 4 nitrogen and oxygen atoms in total. The Bertz CT molecular complexity index is 901. The van der Waals surface area contributed by atoms with E-state index in [0.29, 0.717) is 22.9 Å². The van der Waals surface area contributed by atoms with Gasteiger partial charge in [0.15, 0.2) is 0 Å². The third-order valence-electron chi connectivity index (χ3n) is 4.12. The van der Waals surface area contributed by atoms with Crippen molar-refractivity contribution in [1.29, 1.82) is 0 Å². The first-order valence-electron chi connectivity index (χ1n) is 8.17. The monoisotopic (exact) mass is 356 g/mol. The summed E-state index contributed by atoms with van der Waals surface area (Å²) in [6.07, 6.45) is 0. The largest absolute Gasteiger partial charge is 0.490 e. The molecule has 0 fully saturated rings. The highest BCUT2D eigenvalue weighted by atomic mass is 35.5. The second kappa shape index (κ2) is 7.30. The number of hydrogen-bond donors (Lipinski definition) is 0. The van der Waals surface area contributed by atoms with Crippen molar-refractivity contribution in [3.05, 3.63) is 64.8 Å². The number of rotatable bonds is 5. The normalized spacial score (nSPS) is 11.2. The average Bonchev–Trinajstić information content (AvgIpc) is 2.86. The molecule has 0 atom stereocenters. The first kappa shape index (κ1) is 17.5. The molecule has 0 bridgehead atoms. The molecule has 5 heteroatoms. The summed E-state index contributed by atoms with van der Waals surface area (Å²) in [5, 5.41) is 1.47. The van der Waals surface area contributed by atoms with Crippen LogP contribution in [0.5, 0.6) is 5.75 Å². The van der Waals surface area contributed by atoms with E-state index in [9.17, 15) is 4.79 Å². The maximum absolute atomic E-state index is 13.0. The van der Waals surface area contributed by atoms with Crippen molar-refractivity contribution in [2.45, 2.75) is 6.92 Å². The van der Waals surface area contributed by atoms with Crippen molar-refractivity contribution in [2.75, 3.05) is 27.2 Å². The molecule has 0 saturated carbocycles. The maximum Gasteiger partial charge on any atom is 0.262 e. The van der Waals surface area contributed by atoms with Gasteiger partial charge in [-0.3, -0.25) is 9.36 Å². The Morgan fingerprint density at radius 3 is 2.56 bits per heavy atom. The van der Waals surface area contributed by atoms with Crippen molar-refractivity contribution in [3.8, 4) is 5.75 Å². The van der Waals surface area contributed by atoms with Crippen LogP contribution in [0.1, 0.15) is 16.1 Å². The predicted molar refractivity (Wildman–Crippen MR) is 102 cm³/mol. The van der Waals surface area contributed by atoms with Crippen molar-refractivity contribution in [1.82, 2.24) is 9.47 Å². The standard InChI is InChI=1S/C20H21ClN2O2/c1-14-19(25-12-11-22(2)3)17-13-16(21)9-10-18(17)23(14)20(24)15-7-5-4-6-8-15/h4-10,13H,11-12H2,1-3H3. The van der Waals surface area contributed by atoms with Crippen molar-refractivity contribution < 1.29 is 9.53 Å². The number of likely N-dealkylation sites (N-methyl/N-ethyl adjacent to an activating group) is 1. The van der Waals surface area contributed by atoms with Gasteiger partial charge in [-0.15, -0.1) is 0 Å². The van der Waals surface area contributed by atoms with Crippen LogP contribution < -0.4 is 4.74 Å². The van der Waals surface area contributed by atoms with Gasteiger partial charge in [0.1, 0.15) is 12.4 Å². The van der Waals surface area contributed by atoms with Gasteiger partial charge in [0.2, 0.25) is 0 Å². The number of benzene rings is 2. The van der Waals surface area contributed by atoms with E-state index in [1.807, 2.05) is 63.5 Å². The summed E-state index contributed by atoms with van der Waals surface area (Å²) < 4.78 is 7.71. The number of aromatic nitrogens is 1. The van der Waals surface area contributed by atoms with Crippen LogP contribution in [0, 0.1) is 6.92 Å². The maximum atomic E-state index is 13.0. The predicted octanol–water partition coefficient (Wildman–Crippen LogP) is 4.23. The molecular formula is C20H21ClN2O2. The smallest absolute Gasteiger partial charge is 0.262 e. The number of carbonyl (C=O) groups is 1. The van der Waals surface area contributed by atoms with Gasteiger partial charge in [0.25, 0.3) is 5.91 Å². The Morgan fingerprint density at radius 2 is 1.88 bits per heavy atom. The lowest BCUT2D eigenvalue weighted by atomic mass is 10.2. The van der Waals surface area contributed by atoms with Gasteiger partial charge >= 0.3 is 0 Å². The van der Waals surface area contributed by atoms with Gasteiger partial charge in [-0.25, -0.2) is 0 Å². The van der Waals surface area contributed by atoms with Crippen molar-refractivity contribution in [3.63, 3.8) is 0 Å². The number of fused-ring (bicyclic) bond motifs is 1. The molecule has 0 aliphatic heterocycles. The van der Waals surface area contributed by atoms with Gasteiger partial charge in [0.05, 0.1) is 11.2 Å². The average molecular weight is 357 g/mol. The highest BCUT2D eigenvalue weighted by Gasteiger charge is 2.21. The lowest BCUT2D eigenvalue weighted by Gasteiger charge is -2.11. The van der Waals surface area contributed by atoms with Crippen LogP contribution in [0.2, 0.25) is 5.02 Å². The van der Waals surface area contributed by atoms with Crippen LogP contribution in [-0.2, 0) is 0 Å². The first-order valence-corrected chi connectivity index (χ1v) is 8.54. The molecule has 0 radical (unpaired) electrons. The molecule has 1 aromatic heterocycles. The summed E-state index contributed by atoms with van der Waals surface area (Å²) in [5.74, 6) is 0.636. The highest BCUT2D eigenvalue weighted by Crippen LogP contribution is 2.35. The highest BCUT2D eigenvalue weighted by molar-refractivity contribution is 6.31. The van der Waals surface area contributed by atoms with Crippen LogP contribution >= 0.6 is 11.6 Å². The van der Waals surface area contributed by atoms with E-state index < -0.39 is 0 Å². The van der Waals surface area contributed by atoms with Gasteiger partial charge in [-0.05, 0) is 51.4 Å². The number of ether oxygens (including phenoxy) is 1. The van der Waals surface area contributed by atoms with Crippen LogP contribution in [-0.4, -0.2) is 42.6 Å². The number of halogens is 1. The SMILES string of the molecule is Cc1c(OCCN(C)C)c2cc(Cl)ccc2n1C(=O)c1ccccc1. The Hall–Kier alpha value is -2.30. The molecule has 0 N–H and O–H groups in total. The minimum Gasteiger partial charge on any atom is -0.490 e. The lowest BCUT2D eigenvalue weighted by Crippen LogP contribution is -2.19. The first-order chi connectivity index (χ1) is 12.0. The Morgan fingerprint density at radius 1 is 1.16 bits per heavy atom. The van der Waals surface area contributed by atoms with E-state index in [-0.39, 0.29) is 5.91 Å². The Labute approximate surface area is 152 Å². The van der Waals surface area contributed by atoms with Gasteiger partial charge in [-0.2, -0.15) is 0 Å². The zero-order valence-corrected chi connectivity index (χ0v) is 15.4. The van der Waals surface area contributed by atoms with E-state index in [1.54, 1.807) is 10.6 Å². The lowest BCUT2D eigenvalue weighted by molar-refractivity contribution is 0.0962. The third-order valence-corrected chi connectivity index (χ3v) is 4.35. The fourth-order valence-corrected chi connectivity index (χ4v) is 3.02. The third kappa shape index (κ3) is 3.55. The molecule has 0 aliphatic carbocycles. The van der Waals surface area contributed by atoms with E-state index in [4.69, 9.17) is 16.3 Å². The number of nitrogens with zero attached hydrogens (tertiary/aromatic N) is 2. The molecule has 0 aliphatic rings. The summed E-state index contributed by atoms with van der Waals surface area (Å²) in [7, 11) is 3.99. The van der Waals surface area contributed by atoms with E-state index in [1.165, 1.54) is 0 Å². The molecule has 3 aromatic rings. The molecule has 130 valence electrons. The fraction of sp³-hybridized carbons (Fsp3) is 0.250. The molecule has 3 rings (SSSR count). The quantitative estimate of drug-likeness (QED) is 0.686. The second-order valence-electron chi connectivity index (χ2n) is 6.23. The van der Waals surface area contributed by atoms with Gasteiger partial charge < -0.3 is 9.64 Å². The summed E-state index contributed by atoms with van der Waals surface area (Å²) in [6.45, 7) is 3.23. The molecule has 0 unspecified atom stereocenters. The summed E-state index contributed by atoms with van der Waals surface area (Å²) in [5.41, 5.74) is 2.22. The molecule has 2 aromatic carbocycles.